The minimum atomic E-state index is 1.06. The minimum absolute atomic E-state index is 1.06. The van der Waals surface area contributed by atoms with Gasteiger partial charge in [0.05, 0.1) is 0 Å². The molecule has 0 unspecified atom stereocenters. The molecule has 0 aromatic rings. The van der Waals surface area contributed by atoms with Crippen LogP contribution in [0.25, 0.3) is 0 Å². The molecule has 0 aromatic carbocycles. The highest BCUT2D eigenvalue weighted by Gasteiger charge is 2.49. The van der Waals surface area contributed by atoms with Gasteiger partial charge in [-0.3, -0.25) is 0 Å². The molecule has 0 bridgehead atoms. The van der Waals surface area contributed by atoms with Crippen molar-refractivity contribution in [3.63, 3.8) is 0 Å². The van der Waals surface area contributed by atoms with Gasteiger partial charge in [0, 0.05) is 0 Å². The smallest absolute Gasteiger partial charge is 0.00145 e. The Bertz CT molecular complexity index is 80.2. The van der Waals surface area contributed by atoms with Crippen molar-refractivity contribution in [3.8, 4) is 0 Å². The van der Waals surface area contributed by atoms with Gasteiger partial charge in [-0.2, -0.15) is 0 Å². The summed E-state index contributed by atoms with van der Waals surface area (Å²) >= 11 is 0. The fraction of sp³-hybridized carbons (Fsp3) is 1.00. The van der Waals surface area contributed by atoms with Crippen LogP contribution >= 0.6 is 0 Å². The van der Waals surface area contributed by atoms with Gasteiger partial charge in [0.2, 0.25) is 0 Å². The number of fused-ring (bicyclic) bond motifs is 1. The van der Waals surface area contributed by atoms with E-state index in [2.05, 4.69) is 12.2 Å². The van der Waals surface area contributed by atoms with E-state index in [0.29, 0.717) is 0 Å². The molecule has 2 aliphatic rings. The van der Waals surface area contributed by atoms with Gasteiger partial charge in [-0.1, -0.05) is 6.92 Å². The van der Waals surface area contributed by atoms with E-state index in [-0.39, 0.29) is 0 Å². The highest BCUT2D eigenvalue weighted by molar-refractivity contribution is 5.01. The van der Waals surface area contributed by atoms with E-state index in [1.165, 1.54) is 13.1 Å². The third-order valence-electron chi connectivity index (χ3n) is 2.52. The van der Waals surface area contributed by atoms with Gasteiger partial charge in [-0.15, -0.1) is 0 Å². The van der Waals surface area contributed by atoms with Gasteiger partial charge in [-0.05, 0) is 30.8 Å². The van der Waals surface area contributed by atoms with E-state index >= 15 is 0 Å². The van der Waals surface area contributed by atoms with Crippen LogP contribution in [0, 0.1) is 17.8 Å². The van der Waals surface area contributed by atoms with E-state index in [1.54, 1.807) is 0 Å². The van der Waals surface area contributed by atoms with Crippen molar-refractivity contribution in [1.82, 2.24) is 5.32 Å². The van der Waals surface area contributed by atoms with Crippen LogP contribution in [0.2, 0.25) is 0 Å². The van der Waals surface area contributed by atoms with Crippen LogP contribution in [0.3, 0.4) is 0 Å². The van der Waals surface area contributed by atoms with Crippen molar-refractivity contribution in [2.24, 2.45) is 17.8 Å². The van der Waals surface area contributed by atoms with E-state index in [4.69, 9.17) is 0 Å². The monoisotopic (exact) mass is 97.1 g/mol. The van der Waals surface area contributed by atoms with Gasteiger partial charge in [0.1, 0.15) is 0 Å². The number of nitrogens with one attached hydrogen (secondary N) is 1. The molecule has 2 fully saturated rings. The van der Waals surface area contributed by atoms with Crippen molar-refractivity contribution in [1.29, 1.82) is 0 Å². The molecular formula is C6H11N. The lowest BCUT2D eigenvalue weighted by molar-refractivity contribution is 0.634. The summed E-state index contributed by atoms with van der Waals surface area (Å²) in [5, 5.41) is 3.35. The largest absolute Gasteiger partial charge is 0.316 e. The standard InChI is InChI=1S/C6H11N/c1-4-5-2-7-3-6(4)5/h4-7H,2-3H2,1H3/t5-,6-/m1/s1. The lowest BCUT2D eigenvalue weighted by Crippen LogP contribution is -2.13. The Morgan fingerprint density at radius 3 is 2.14 bits per heavy atom. The second-order valence-electron chi connectivity index (χ2n) is 2.85. The average Bonchev–Trinajstić information content (AvgIpc) is 2.26. The predicted octanol–water partition coefficient (Wildman–Crippen LogP) is 0.472. The van der Waals surface area contributed by atoms with Crippen LogP contribution in [0.4, 0.5) is 0 Å². The summed E-state index contributed by atoms with van der Waals surface area (Å²) in [6.45, 7) is 4.95. The summed E-state index contributed by atoms with van der Waals surface area (Å²) in [5.41, 5.74) is 0. The number of piperidine rings is 1. The molecule has 1 heterocycles. The van der Waals surface area contributed by atoms with Crippen LogP contribution in [-0.2, 0) is 0 Å². The molecule has 1 saturated heterocycles. The molecule has 1 nitrogen and oxygen atoms in total. The van der Waals surface area contributed by atoms with Gasteiger partial charge < -0.3 is 5.32 Å². The quantitative estimate of drug-likeness (QED) is 0.463. The first-order chi connectivity index (χ1) is 3.39. The molecule has 2 atom stereocenters. The zero-order valence-electron chi connectivity index (χ0n) is 4.65. The van der Waals surface area contributed by atoms with Crippen molar-refractivity contribution < 1.29 is 0 Å². The zero-order valence-corrected chi connectivity index (χ0v) is 4.65. The Hall–Kier alpha value is -0.0400. The molecule has 40 valence electrons. The van der Waals surface area contributed by atoms with Gasteiger partial charge in [0.15, 0.2) is 0 Å². The lowest BCUT2D eigenvalue weighted by Gasteiger charge is -1.93. The Kier molecular flexibility index (Phi) is 0.571. The number of hydrogen-bond acceptors (Lipinski definition) is 1. The normalized spacial score (nSPS) is 57.0. The maximum atomic E-state index is 3.35. The summed E-state index contributed by atoms with van der Waals surface area (Å²) in [6, 6.07) is 0. The van der Waals surface area contributed by atoms with Gasteiger partial charge in [0.25, 0.3) is 0 Å². The minimum Gasteiger partial charge on any atom is -0.316 e. The Labute approximate surface area is 44.1 Å². The highest BCUT2D eigenvalue weighted by atomic mass is 15.0. The van der Waals surface area contributed by atoms with Crippen molar-refractivity contribution in [2.45, 2.75) is 6.92 Å². The maximum absolute atomic E-state index is 3.35. The van der Waals surface area contributed by atoms with Crippen LogP contribution in [0.1, 0.15) is 6.92 Å². The van der Waals surface area contributed by atoms with Crippen molar-refractivity contribution >= 4 is 0 Å². The average molecular weight is 97.2 g/mol. The van der Waals surface area contributed by atoms with Crippen LogP contribution in [0.5, 0.6) is 0 Å². The Morgan fingerprint density at radius 1 is 1.29 bits per heavy atom. The molecular weight excluding hydrogens is 86.1 g/mol. The second-order valence-corrected chi connectivity index (χ2v) is 2.85. The van der Waals surface area contributed by atoms with Crippen molar-refractivity contribution in [3.05, 3.63) is 0 Å². The van der Waals surface area contributed by atoms with E-state index < -0.39 is 0 Å². The summed E-state index contributed by atoms with van der Waals surface area (Å²) in [6.07, 6.45) is 0. The zero-order chi connectivity index (χ0) is 4.85. The Balaban J connectivity index is 2.06. The summed E-state index contributed by atoms with van der Waals surface area (Å²) in [5.74, 6) is 3.20. The molecule has 1 heteroatoms. The summed E-state index contributed by atoms with van der Waals surface area (Å²) < 4.78 is 0. The van der Waals surface area contributed by atoms with Gasteiger partial charge >= 0.3 is 0 Å². The number of rotatable bonds is 0. The van der Waals surface area contributed by atoms with E-state index in [9.17, 15) is 0 Å². The topological polar surface area (TPSA) is 12.0 Å². The maximum Gasteiger partial charge on any atom is -0.00145 e. The number of hydrogen-bond donors (Lipinski definition) is 1. The molecule has 0 aromatic heterocycles. The second kappa shape index (κ2) is 1.03. The fourth-order valence-corrected chi connectivity index (χ4v) is 1.73. The molecule has 1 aliphatic carbocycles. The first-order valence-electron chi connectivity index (χ1n) is 3.10. The molecule has 1 aliphatic heterocycles. The predicted molar refractivity (Wildman–Crippen MR) is 29.0 cm³/mol. The first-order valence-corrected chi connectivity index (χ1v) is 3.10. The molecule has 2 rings (SSSR count). The van der Waals surface area contributed by atoms with E-state index in [0.717, 1.165) is 17.8 Å². The fourth-order valence-electron chi connectivity index (χ4n) is 1.73. The molecule has 1 saturated carbocycles. The molecule has 7 heavy (non-hydrogen) atoms. The van der Waals surface area contributed by atoms with Crippen molar-refractivity contribution in [2.75, 3.05) is 13.1 Å². The highest BCUT2D eigenvalue weighted by Crippen LogP contribution is 2.47. The van der Waals surface area contributed by atoms with Gasteiger partial charge in [-0.25, -0.2) is 0 Å². The van der Waals surface area contributed by atoms with Crippen LogP contribution in [-0.4, -0.2) is 13.1 Å². The molecule has 0 radical (unpaired) electrons. The van der Waals surface area contributed by atoms with E-state index in [1.807, 2.05) is 0 Å². The van der Waals surface area contributed by atoms with Crippen LogP contribution in [0.15, 0.2) is 0 Å². The SMILES string of the molecule is CC1[C@H]2CNC[C@H]12. The molecule has 1 N–H and O–H groups in total. The Morgan fingerprint density at radius 2 is 1.86 bits per heavy atom. The third kappa shape index (κ3) is 0.367. The summed E-state index contributed by atoms with van der Waals surface area (Å²) in [4.78, 5) is 0. The third-order valence-corrected chi connectivity index (χ3v) is 2.52. The first kappa shape index (κ1) is 3.90. The van der Waals surface area contributed by atoms with Crippen LogP contribution < -0.4 is 5.32 Å². The summed E-state index contributed by atoms with van der Waals surface area (Å²) in [7, 11) is 0. The molecule has 0 amide bonds. The molecule has 0 spiro atoms. The lowest BCUT2D eigenvalue weighted by atomic mass is 10.3.